The van der Waals surface area contributed by atoms with Gasteiger partial charge in [-0.15, -0.1) is 23.5 Å². The lowest BCUT2D eigenvalue weighted by Crippen LogP contribution is -2.64. The van der Waals surface area contributed by atoms with Crippen LogP contribution in [0.15, 0.2) is 59.0 Å². The van der Waals surface area contributed by atoms with Gasteiger partial charge in [-0.2, -0.15) is 5.26 Å². The highest BCUT2D eigenvalue weighted by molar-refractivity contribution is 7.99. The number of hydrogen-bond donors (Lipinski definition) is 7. The summed E-state index contributed by atoms with van der Waals surface area (Å²) in [7, 11) is 3.08. The standard InChI is InChI=1S/C84H82N8O19S2/c1-31-19-44-52(62(97)64(31)101-10)58-60-72-57-55(48(89(60)35(5)75-81(44,8)91(58)75)26-103-79(99)83(28-112-72)74-42(21-38(24-93)87-83)40-15-12-13-17-46(40)86-74)71-69(34(4)67(57)108-37(7)96)110-78(111-71)41-16-14-18-50-51(41)43-22-39(25-94)88-84(77(43)109-50)29-113-73-56-54(70-68(105-30-106-70)33(3)66(56)107-36(6)95)49(27-104-80(84)100)90-47(23-85)76-82(9)45-20-32(2)65(102-11)63(98)53(45)59(61(73)90)92(76)82/h12-20,35,38-39,47-49,58-61,72-73,75-76,78,86-88,93-94,97-98H,21-22,24-30H2,1-11H3/t35-,38+,39+,47-,48-,49-,58+,59+,60+,61+,72+,73+,75+,76+,78?,81?,82?,83+,84+,91?,92?/m0/s1. The first-order chi connectivity index (χ1) is 54.4. The van der Waals surface area contributed by atoms with Gasteiger partial charge in [-0.1, -0.05) is 30.3 Å². The zero-order valence-corrected chi connectivity index (χ0v) is 65.3. The van der Waals surface area contributed by atoms with Gasteiger partial charge >= 0.3 is 23.9 Å². The minimum absolute atomic E-state index is 0.0212. The number of aromatic nitrogens is 1. The molecule has 0 radical (unpaired) electrons. The number of aromatic hydroxyl groups is 2. The Balaban J connectivity index is 0.703. The van der Waals surface area contributed by atoms with Crippen LogP contribution in [0.4, 0.5) is 0 Å². The average molecular weight is 1570 g/mol. The molecular formula is C84H82N8O19S2. The summed E-state index contributed by atoms with van der Waals surface area (Å²) >= 11 is 2.88. The van der Waals surface area contributed by atoms with Crippen molar-refractivity contribution in [3.05, 3.63) is 150 Å². The molecule has 2 aromatic heterocycles. The third kappa shape index (κ3) is 8.58. The summed E-state index contributed by atoms with van der Waals surface area (Å²) in [5, 5.41) is 67.1. The number of aliphatic hydroxyl groups is 2. The molecule has 0 saturated carbocycles. The number of benzene rings is 6. The molecule has 21 atom stereocenters. The fraction of sp³-hybridized carbons (Fsp3) is 0.464. The SMILES string of the molecule is COc1c(C)cc2c(c1O)[C@@H]1[C@@H]3[C@@H]4SC[C@]5(N[C@@H](CO)Cc6c5[nH]c5ccccc65)C(=O)OC[C@@H](c5c6c(c(C)c(OC(C)=O)c54)OC(c4cccc5oc7c(c45)C[C@H](CO)N[C@]74CS[C@@H]5c7c(OC(C)=O)c(C)c8c(c7[C@H](COC4=O)N4[C@@H]5[C@H]5c7c(cc(C)c(OC)c7O)C7(C)[C@@H]([C@@H]4C#N)N57)OCO8)O6)N3[C@@H](C)[C@H]3N1C23C. The number of carbonyl (C=O) groups is 4. The Morgan fingerprint density at radius 3 is 1.83 bits per heavy atom. The largest absolute Gasteiger partial charge is 0.504 e. The van der Waals surface area contributed by atoms with Crippen molar-refractivity contribution in [2.45, 2.75) is 187 Å². The molecule has 113 heavy (non-hydrogen) atoms. The van der Waals surface area contributed by atoms with Crippen LogP contribution in [0, 0.1) is 39.0 Å². The van der Waals surface area contributed by atoms with E-state index in [1.54, 1.807) is 13.2 Å². The van der Waals surface area contributed by atoms with Gasteiger partial charge < -0.3 is 77.2 Å². The molecule has 6 aromatic carbocycles. The normalized spacial score (nSPS) is 34.8. The number of nitrogens with one attached hydrogen (secondary N) is 3. The number of hydrogen-bond acceptors (Lipinski definition) is 28. The zero-order valence-electron chi connectivity index (χ0n) is 63.7. The number of nitriles is 1. The topological polar surface area (TPSA) is 331 Å². The summed E-state index contributed by atoms with van der Waals surface area (Å²) in [4.78, 5) is 73.1. The zero-order chi connectivity index (χ0) is 77.9. The molecule has 7 N–H and O–H groups in total. The van der Waals surface area contributed by atoms with Gasteiger partial charge in [0, 0.05) is 134 Å². The Hall–Kier alpha value is -9.45. The lowest BCUT2D eigenvalue weighted by atomic mass is 9.75. The summed E-state index contributed by atoms with van der Waals surface area (Å²) in [5.74, 6) is 0.217. The van der Waals surface area contributed by atoms with Gasteiger partial charge in [0.1, 0.15) is 42.1 Å². The molecule has 8 aromatic rings. The van der Waals surface area contributed by atoms with E-state index in [0.29, 0.717) is 102 Å². The van der Waals surface area contributed by atoms with E-state index in [2.05, 4.69) is 68.1 Å². The number of nitrogens with zero attached hydrogens (tertiary/aromatic N) is 5. The third-order valence-electron chi connectivity index (χ3n) is 28.0. The van der Waals surface area contributed by atoms with Crippen LogP contribution in [0.25, 0.3) is 21.9 Å². The average Bonchev–Trinajstić information content (AvgIpc) is 1.46. The van der Waals surface area contributed by atoms with E-state index in [4.69, 9.17) is 51.8 Å². The van der Waals surface area contributed by atoms with Crippen LogP contribution >= 0.6 is 23.5 Å². The summed E-state index contributed by atoms with van der Waals surface area (Å²) < 4.78 is 73.5. The number of esters is 4. The second kappa shape index (κ2) is 23.6. The van der Waals surface area contributed by atoms with Crippen LogP contribution in [0.1, 0.15) is 170 Å². The summed E-state index contributed by atoms with van der Waals surface area (Å²) in [6.07, 6.45) is -0.689. The molecule has 18 heterocycles. The number of rotatable bonds is 7. The molecular weight excluding hydrogens is 1490 g/mol. The molecule has 4 bridgehead atoms. The van der Waals surface area contributed by atoms with Gasteiger partial charge in [0.2, 0.25) is 6.79 Å². The first-order valence-electron chi connectivity index (χ1n) is 38.6. The molecule has 27 nitrogen and oxygen atoms in total. The highest BCUT2D eigenvalue weighted by atomic mass is 32.2. The highest BCUT2D eigenvalue weighted by Gasteiger charge is 2.80. The maximum atomic E-state index is 16.3. The van der Waals surface area contributed by atoms with Gasteiger partial charge in [-0.3, -0.25) is 39.8 Å². The van der Waals surface area contributed by atoms with E-state index >= 15 is 9.59 Å². The summed E-state index contributed by atoms with van der Waals surface area (Å²) in [6.45, 7) is 15.2. The molecule has 584 valence electrons. The number of carbonyl (C=O) groups excluding carboxylic acids is 4. The van der Waals surface area contributed by atoms with Gasteiger partial charge in [-0.05, 0) is 113 Å². The number of aromatic amines is 1. The van der Waals surface area contributed by atoms with E-state index in [9.17, 15) is 35.3 Å². The molecule has 5 unspecified atom stereocenters. The van der Waals surface area contributed by atoms with E-state index in [0.717, 1.165) is 44.3 Å². The number of methoxy groups -OCH3 is 2. The number of piperazine rings is 2. The second-order valence-corrected chi connectivity index (χ2v) is 35.6. The number of aryl methyl sites for hydroxylation is 2. The molecule has 2 spiro atoms. The first kappa shape index (κ1) is 70.2. The predicted molar refractivity (Wildman–Crippen MR) is 407 cm³/mol. The van der Waals surface area contributed by atoms with Crippen LogP contribution in [0.5, 0.6) is 57.5 Å². The Kier molecular flexibility index (Phi) is 14.7. The van der Waals surface area contributed by atoms with Gasteiger partial charge in [0.05, 0.1) is 91.0 Å². The van der Waals surface area contributed by atoms with Crippen LogP contribution in [0.3, 0.4) is 0 Å². The minimum Gasteiger partial charge on any atom is -0.504 e. The molecule has 16 aliphatic heterocycles. The Bertz CT molecular complexity index is 5740. The smallest absolute Gasteiger partial charge is 0.335 e. The number of ether oxygens (including phenoxy) is 10. The van der Waals surface area contributed by atoms with Crippen LogP contribution < -0.4 is 48.5 Å². The van der Waals surface area contributed by atoms with Crippen molar-refractivity contribution in [1.82, 2.24) is 35.2 Å². The lowest BCUT2D eigenvalue weighted by Gasteiger charge is -2.56. The molecule has 0 amide bonds. The van der Waals surface area contributed by atoms with E-state index in [-0.39, 0.29) is 97.2 Å². The molecule has 0 aliphatic carbocycles. The van der Waals surface area contributed by atoms with Crippen molar-refractivity contribution in [3.63, 3.8) is 0 Å². The molecule has 29 heteroatoms. The van der Waals surface area contributed by atoms with E-state index in [1.807, 2.05) is 70.2 Å². The van der Waals surface area contributed by atoms with Crippen molar-refractivity contribution < 1.29 is 91.4 Å². The maximum absolute atomic E-state index is 16.3. The Morgan fingerprint density at radius 1 is 0.655 bits per heavy atom. The fourth-order valence-corrected chi connectivity index (χ4v) is 27.1. The number of H-pyrrole nitrogens is 1. The van der Waals surface area contributed by atoms with Crippen LogP contribution in [0.2, 0.25) is 0 Å². The predicted octanol–water partition coefficient (Wildman–Crippen LogP) is 9.16. The fourth-order valence-electron chi connectivity index (χ4n) is 23.8. The first-order valence-corrected chi connectivity index (χ1v) is 40.7. The Morgan fingerprint density at radius 2 is 1.20 bits per heavy atom. The van der Waals surface area contributed by atoms with Gasteiger partial charge in [0.25, 0.3) is 6.29 Å². The number of phenols is 2. The summed E-state index contributed by atoms with van der Waals surface area (Å²) in [5.41, 5.74) is 7.19. The Labute approximate surface area is 656 Å². The van der Waals surface area contributed by atoms with Crippen LogP contribution in [-0.4, -0.2) is 176 Å². The number of thioether (sulfide) groups is 2. The highest BCUT2D eigenvalue weighted by Crippen LogP contribution is 2.77. The molecule has 24 rings (SSSR count). The molecule has 6 saturated heterocycles. The number of furan rings is 1. The maximum Gasteiger partial charge on any atom is 0.335 e. The van der Waals surface area contributed by atoms with Crippen molar-refractivity contribution in [2.24, 2.45) is 0 Å². The molecule has 16 aliphatic rings. The third-order valence-corrected chi connectivity index (χ3v) is 30.9. The van der Waals surface area contributed by atoms with Crippen molar-refractivity contribution in [3.8, 4) is 63.6 Å². The second-order valence-electron chi connectivity index (χ2n) is 33.3. The van der Waals surface area contributed by atoms with Crippen molar-refractivity contribution in [2.75, 3.05) is 58.9 Å². The van der Waals surface area contributed by atoms with E-state index in [1.165, 1.54) is 44.5 Å². The monoisotopic (exact) mass is 1570 g/mol. The lowest BCUT2D eigenvalue weighted by molar-refractivity contribution is -0.157. The van der Waals surface area contributed by atoms with E-state index < -0.39 is 124 Å². The van der Waals surface area contributed by atoms with Gasteiger partial charge in [-0.25, -0.2) is 9.59 Å². The molecule has 6 fully saturated rings. The van der Waals surface area contributed by atoms with Crippen molar-refractivity contribution >= 4 is 69.3 Å². The quantitative estimate of drug-likeness (QED) is 0.0444. The number of fused-ring (bicyclic) bond motifs is 22. The van der Waals surface area contributed by atoms with Gasteiger partial charge in [0.15, 0.2) is 57.1 Å². The number of aliphatic hydroxyl groups excluding tert-OH is 2. The summed E-state index contributed by atoms with van der Waals surface area (Å²) in [6, 6.07) is 13.4. The van der Waals surface area contributed by atoms with Crippen molar-refractivity contribution in [1.29, 1.82) is 5.26 Å². The number of para-hydroxylation sites is 1. The number of phenolic OH excluding ortho intramolecular Hbond substituents is 2. The minimum atomic E-state index is -1.87. The van der Waals surface area contributed by atoms with Crippen LogP contribution in [-0.2, 0) is 63.6 Å².